The van der Waals surface area contributed by atoms with Gasteiger partial charge in [0.05, 0.1) is 17.3 Å². The fourth-order valence-electron chi connectivity index (χ4n) is 7.81. The highest BCUT2D eigenvalue weighted by Gasteiger charge is 2.62. The number of nitrogens with one attached hydrogen (secondary N) is 1. The number of nitrogens with zero attached hydrogens (tertiary/aromatic N) is 2. The number of aromatic nitrogens is 1. The molecule has 4 fully saturated rings. The predicted octanol–water partition coefficient (Wildman–Crippen LogP) is 7.06. The van der Waals surface area contributed by atoms with Gasteiger partial charge in [-0.05, 0) is 107 Å². The van der Waals surface area contributed by atoms with E-state index in [1.165, 1.54) is 6.42 Å². The van der Waals surface area contributed by atoms with Gasteiger partial charge in [-0.15, -0.1) is 0 Å². The fourth-order valence-corrected chi connectivity index (χ4v) is 8.22. The molecule has 0 spiro atoms. The van der Waals surface area contributed by atoms with Crippen molar-refractivity contribution < 1.29 is 19.4 Å². The molecule has 7 rings (SSSR count). The van der Waals surface area contributed by atoms with Crippen LogP contribution in [0, 0.1) is 23.7 Å². The topological polar surface area (TPSA) is 91.8 Å². The van der Waals surface area contributed by atoms with E-state index in [9.17, 15) is 14.7 Å². The average Bonchev–Trinajstić information content (AvgIpc) is 2.97. The standard InChI is InChI=1S/C34H37Cl2N3O4/c1-39(2)12-5-13-43-30-19-22(8-10-28(30)36)31-26(25-6-3-4-7-27(25)35)9-11-29(37-31)32(40)38-34(33(41)42)23-15-20-14-21(17-23)18-24(34)16-20/h3-4,6-11,19-21,23-24H,5,12-18H2,1-2H3,(H,38,40)(H,41,42). The molecule has 1 aromatic heterocycles. The average molecular weight is 623 g/mol. The number of amides is 1. The maximum absolute atomic E-state index is 13.9. The number of aliphatic carboxylic acids is 1. The lowest BCUT2D eigenvalue weighted by atomic mass is 9.48. The van der Waals surface area contributed by atoms with Crippen LogP contribution in [0.1, 0.15) is 49.0 Å². The number of ether oxygens (including phenoxy) is 1. The molecule has 226 valence electrons. The maximum atomic E-state index is 13.9. The fraction of sp³-hybridized carbons (Fsp3) is 0.441. The highest BCUT2D eigenvalue weighted by Crippen LogP contribution is 2.58. The molecule has 3 aromatic rings. The highest BCUT2D eigenvalue weighted by molar-refractivity contribution is 6.33. The van der Waals surface area contributed by atoms with Crippen molar-refractivity contribution in [2.24, 2.45) is 23.7 Å². The van der Waals surface area contributed by atoms with Crippen LogP contribution in [0.2, 0.25) is 10.0 Å². The minimum atomic E-state index is -1.26. The smallest absolute Gasteiger partial charge is 0.330 e. The predicted molar refractivity (Wildman–Crippen MR) is 169 cm³/mol. The van der Waals surface area contributed by atoms with Gasteiger partial charge in [-0.3, -0.25) is 4.79 Å². The number of hydrogen-bond acceptors (Lipinski definition) is 5. The van der Waals surface area contributed by atoms with E-state index in [0.717, 1.165) is 49.8 Å². The Bertz CT molecular complexity index is 1510. The largest absolute Gasteiger partial charge is 0.492 e. The van der Waals surface area contributed by atoms with Crippen molar-refractivity contribution in [3.8, 4) is 28.1 Å². The van der Waals surface area contributed by atoms with Crippen LogP contribution >= 0.6 is 23.2 Å². The van der Waals surface area contributed by atoms with E-state index in [0.29, 0.717) is 45.5 Å². The molecule has 0 radical (unpaired) electrons. The summed E-state index contributed by atoms with van der Waals surface area (Å²) in [4.78, 5) is 33.7. The number of carbonyl (C=O) groups is 2. The number of carboxylic acid groups (broad SMARTS) is 1. The lowest BCUT2D eigenvalue weighted by Crippen LogP contribution is -2.70. The zero-order valence-corrected chi connectivity index (χ0v) is 26.0. The Morgan fingerprint density at radius 3 is 2.30 bits per heavy atom. The van der Waals surface area contributed by atoms with Gasteiger partial charge in [0.1, 0.15) is 17.0 Å². The molecule has 0 aliphatic heterocycles. The monoisotopic (exact) mass is 621 g/mol. The lowest BCUT2D eigenvalue weighted by molar-refractivity contribution is -0.163. The molecule has 1 amide bonds. The zero-order valence-electron chi connectivity index (χ0n) is 24.5. The molecule has 9 heteroatoms. The summed E-state index contributed by atoms with van der Waals surface area (Å²) in [5, 5.41) is 14.6. The number of benzene rings is 2. The molecule has 0 saturated heterocycles. The SMILES string of the molecule is CN(C)CCCOc1cc(-c2nc(C(=O)NC3(C(=O)O)C4CC5CC(C4)CC3C5)ccc2-c2ccccc2Cl)ccc1Cl. The van der Waals surface area contributed by atoms with E-state index < -0.39 is 17.4 Å². The Morgan fingerprint density at radius 2 is 1.65 bits per heavy atom. The minimum Gasteiger partial charge on any atom is -0.492 e. The van der Waals surface area contributed by atoms with Gasteiger partial charge in [0, 0.05) is 28.3 Å². The van der Waals surface area contributed by atoms with Gasteiger partial charge in [-0.1, -0.05) is 47.5 Å². The van der Waals surface area contributed by atoms with Gasteiger partial charge in [0.2, 0.25) is 0 Å². The number of halogens is 2. The van der Waals surface area contributed by atoms with Crippen LogP contribution in [0.4, 0.5) is 0 Å². The summed E-state index contributed by atoms with van der Waals surface area (Å²) >= 11 is 13.1. The Balaban J connectivity index is 1.36. The third kappa shape index (κ3) is 5.75. The molecule has 2 aromatic carbocycles. The van der Waals surface area contributed by atoms with E-state index >= 15 is 0 Å². The number of pyridine rings is 1. The summed E-state index contributed by atoms with van der Waals surface area (Å²) in [6, 6.07) is 16.4. The second-order valence-electron chi connectivity index (χ2n) is 12.7. The maximum Gasteiger partial charge on any atom is 0.330 e. The molecular formula is C34H37Cl2N3O4. The molecule has 4 aliphatic carbocycles. The van der Waals surface area contributed by atoms with Crippen molar-refractivity contribution in [2.45, 2.75) is 44.1 Å². The van der Waals surface area contributed by atoms with Crippen LogP contribution in [0.3, 0.4) is 0 Å². The Kier molecular flexibility index (Phi) is 8.42. The number of carbonyl (C=O) groups excluding carboxylic acids is 1. The molecule has 4 bridgehead atoms. The quantitative estimate of drug-likeness (QED) is 0.235. The van der Waals surface area contributed by atoms with Crippen LogP contribution in [-0.2, 0) is 4.79 Å². The Labute approximate surface area is 262 Å². The van der Waals surface area contributed by atoms with Gasteiger partial charge in [-0.2, -0.15) is 0 Å². The van der Waals surface area contributed by atoms with Gasteiger partial charge >= 0.3 is 5.97 Å². The molecule has 1 heterocycles. The van der Waals surface area contributed by atoms with Crippen molar-refractivity contribution in [3.63, 3.8) is 0 Å². The third-order valence-electron chi connectivity index (χ3n) is 9.60. The Hall–Kier alpha value is -3.13. The summed E-state index contributed by atoms with van der Waals surface area (Å²) in [7, 11) is 4.03. The van der Waals surface area contributed by atoms with E-state index in [2.05, 4.69) is 10.2 Å². The van der Waals surface area contributed by atoms with E-state index in [1.54, 1.807) is 12.1 Å². The number of hydrogen-bond donors (Lipinski definition) is 2. The van der Waals surface area contributed by atoms with Crippen molar-refractivity contribution in [1.29, 1.82) is 0 Å². The first-order valence-electron chi connectivity index (χ1n) is 15.0. The minimum absolute atomic E-state index is 0.0597. The summed E-state index contributed by atoms with van der Waals surface area (Å²) in [5.41, 5.74) is 1.64. The molecule has 43 heavy (non-hydrogen) atoms. The third-order valence-corrected chi connectivity index (χ3v) is 10.2. The van der Waals surface area contributed by atoms with Gasteiger partial charge in [0.25, 0.3) is 5.91 Å². The molecule has 2 N–H and O–H groups in total. The lowest BCUT2D eigenvalue weighted by Gasteiger charge is -2.59. The van der Waals surface area contributed by atoms with E-state index in [1.807, 2.05) is 56.6 Å². The second-order valence-corrected chi connectivity index (χ2v) is 13.5. The zero-order chi connectivity index (χ0) is 30.3. The second kappa shape index (κ2) is 12.1. The molecule has 4 saturated carbocycles. The first-order chi connectivity index (χ1) is 20.7. The van der Waals surface area contributed by atoms with Crippen LogP contribution in [-0.4, -0.2) is 59.7 Å². The first kappa shape index (κ1) is 29.9. The summed E-state index contributed by atoms with van der Waals surface area (Å²) in [5.74, 6) is 0.128. The van der Waals surface area contributed by atoms with Crippen molar-refractivity contribution >= 4 is 35.1 Å². The van der Waals surface area contributed by atoms with Crippen LogP contribution in [0.15, 0.2) is 54.6 Å². The van der Waals surface area contributed by atoms with Gasteiger partial charge in [0.15, 0.2) is 0 Å². The van der Waals surface area contributed by atoms with Gasteiger partial charge < -0.3 is 20.1 Å². The summed E-state index contributed by atoms with van der Waals surface area (Å²) in [6.45, 7) is 1.38. The molecular weight excluding hydrogens is 585 g/mol. The van der Waals surface area contributed by atoms with E-state index in [-0.39, 0.29) is 17.5 Å². The van der Waals surface area contributed by atoms with Gasteiger partial charge in [-0.25, -0.2) is 9.78 Å². The summed E-state index contributed by atoms with van der Waals surface area (Å²) in [6.07, 6.45) is 5.43. The van der Waals surface area contributed by atoms with Crippen LogP contribution in [0.5, 0.6) is 5.75 Å². The van der Waals surface area contributed by atoms with Crippen molar-refractivity contribution in [2.75, 3.05) is 27.2 Å². The number of carboxylic acids is 1. The van der Waals surface area contributed by atoms with Crippen molar-refractivity contribution in [3.05, 3.63) is 70.3 Å². The molecule has 0 unspecified atom stereocenters. The van der Waals surface area contributed by atoms with Crippen LogP contribution < -0.4 is 10.1 Å². The molecule has 7 nitrogen and oxygen atoms in total. The highest BCUT2D eigenvalue weighted by atomic mass is 35.5. The normalized spacial score (nSPS) is 25.6. The van der Waals surface area contributed by atoms with Crippen molar-refractivity contribution in [1.82, 2.24) is 15.2 Å². The summed E-state index contributed by atoms with van der Waals surface area (Å²) < 4.78 is 6.03. The Morgan fingerprint density at radius 1 is 0.953 bits per heavy atom. The number of rotatable bonds is 10. The van der Waals surface area contributed by atoms with Crippen LogP contribution in [0.25, 0.3) is 22.4 Å². The molecule has 4 aliphatic rings. The molecule has 0 atom stereocenters. The van der Waals surface area contributed by atoms with E-state index in [4.69, 9.17) is 32.9 Å². The first-order valence-corrected chi connectivity index (χ1v) is 15.8.